The number of ether oxygens (including phenoxy) is 1. The Morgan fingerprint density at radius 3 is 2.94 bits per heavy atom. The smallest absolute Gasteiger partial charge is 0.202 e. The van der Waals surface area contributed by atoms with Gasteiger partial charge in [-0.2, -0.15) is 4.37 Å². The van der Waals surface area contributed by atoms with E-state index in [4.69, 9.17) is 4.74 Å². The van der Waals surface area contributed by atoms with Crippen LogP contribution in [-0.4, -0.2) is 21.5 Å². The monoisotopic (exact) mass is 264 g/mol. The molecule has 5 nitrogen and oxygen atoms in total. The quantitative estimate of drug-likeness (QED) is 0.899. The lowest BCUT2D eigenvalue weighted by Crippen LogP contribution is -2.01. The van der Waals surface area contributed by atoms with Crippen molar-refractivity contribution in [3.05, 3.63) is 35.4 Å². The highest BCUT2D eigenvalue weighted by Gasteiger charge is 2.10. The van der Waals surface area contributed by atoms with Crippen LogP contribution >= 0.6 is 11.5 Å². The molecular formula is C12H16N4OS. The average molecular weight is 264 g/mol. The molecule has 0 aliphatic rings. The van der Waals surface area contributed by atoms with Gasteiger partial charge < -0.3 is 10.1 Å². The summed E-state index contributed by atoms with van der Waals surface area (Å²) in [4.78, 5) is 8.61. The molecule has 1 N–H and O–H groups in total. The standard InChI is InChI=1S/C12H16N4OS/c1-8-4-5-10(6-13-8)7-14-12-15-11(16-18-12)9(2)17-3/h4-6,9H,7H2,1-3H3,(H,14,15,16). The van der Waals surface area contributed by atoms with Gasteiger partial charge in [-0.05, 0) is 25.5 Å². The van der Waals surface area contributed by atoms with E-state index >= 15 is 0 Å². The second-order valence-electron chi connectivity index (χ2n) is 4.00. The topological polar surface area (TPSA) is 59.9 Å². The maximum atomic E-state index is 5.17. The van der Waals surface area contributed by atoms with Crippen molar-refractivity contribution in [2.24, 2.45) is 0 Å². The van der Waals surface area contributed by atoms with E-state index in [2.05, 4.69) is 25.7 Å². The fourth-order valence-electron chi connectivity index (χ4n) is 1.36. The first-order valence-electron chi connectivity index (χ1n) is 5.71. The van der Waals surface area contributed by atoms with Crippen LogP contribution in [0.3, 0.4) is 0 Å². The van der Waals surface area contributed by atoms with Crippen LogP contribution in [0.4, 0.5) is 5.13 Å². The lowest BCUT2D eigenvalue weighted by Gasteiger charge is -2.03. The highest BCUT2D eigenvalue weighted by atomic mass is 32.1. The van der Waals surface area contributed by atoms with Gasteiger partial charge in [-0.15, -0.1) is 0 Å². The van der Waals surface area contributed by atoms with E-state index in [1.807, 2.05) is 26.1 Å². The number of nitrogens with zero attached hydrogens (tertiary/aromatic N) is 3. The number of hydrogen-bond donors (Lipinski definition) is 1. The van der Waals surface area contributed by atoms with Crippen molar-refractivity contribution in [2.75, 3.05) is 12.4 Å². The molecular weight excluding hydrogens is 248 g/mol. The fraction of sp³-hybridized carbons (Fsp3) is 0.417. The summed E-state index contributed by atoms with van der Waals surface area (Å²) in [6, 6.07) is 4.05. The number of hydrogen-bond acceptors (Lipinski definition) is 6. The molecule has 0 saturated carbocycles. The van der Waals surface area contributed by atoms with Crippen molar-refractivity contribution < 1.29 is 4.74 Å². The van der Waals surface area contributed by atoms with Gasteiger partial charge in [-0.3, -0.25) is 4.98 Å². The lowest BCUT2D eigenvalue weighted by atomic mass is 10.2. The summed E-state index contributed by atoms with van der Waals surface area (Å²) in [6.07, 6.45) is 1.79. The Bertz CT molecular complexity index is 497. The van der Waals surface area contributed by atoms with E-state index in [1.54, 1.807) is 7.11 Å². The van der Waals surface area contributed by atoms with Crippen LogP contribution in [0.15, 0.2) is 18.3 Å². The van der Waals surface area contributed by atoms with E-state index in [-0.39, 0.29) is 6.10 Å². The molecule has 0 fully saturated rings. The molecule has 1 atom stereocenters. The van der Waals surface area contributed by atoms with E-state index in [1.165, 1.54) is 11.5 Å². The number of aromatic nitrogens is 3. The zero-order valence-corrected chi connectivity index (χ0v) is 11.5. The zero-order valence-electron chi connectivity index (χ0n) is 10.7. The third-order valence-corrected chi connectivity index (χ3v) is 3.26. The predicted octanol–water partition coefficient (Wildman–Crippen LogP) is 2.56. The lowest BCUT2D eigenvalue weighted by molar-refractivity contribution is 0.113. The molecule has 2 aromatic rings. The molecule has 1 unspecified atom stereocenters. The van der Waals surface area contributed by atoms with Crippen molar-refractivity contribution in [1.82, 2.24) is 14.3 Å². The maximum absolute atomic E-state index is 5.17. The molecule has 96 valence electrons. The van der Waals surface area contributed by atoms with Gasteiger partial charge in [0.1, 0.15) is 6.10 Å². The van der Waals surface area contributed by atoms with Crippen molar-refractivity contribution >= 4 is 16.7 Å². The van der Waals surface area contributed by atoms with E-state index < -0.39 is 0 Å². The number of pyridine rings is 1. The van der Waals surface area contributed by atoms with E-state index in [9.17, 15) is 0 Å². The number of nitrogens with one attached hydrogen (secondary N) is 1. The van der Waals surface area contributed by atoms with Crippen molar-refractivity contribution in [3.8, 4) is 0 Å². The summed E-state index contributed by atoms with van der Waals surface area (Å²) in [5.74, 6) is 0.715. The molecule has 2 heterocycles. The van der Waals surface area contributed by atoms with Gasteiger partial charge in [0, 0.05) is 37.1 Å². The van der Waals surface area contributed by atoms with Gasteiger partial charge >= 0.3 is 0 Å². The van der Waals surface area contributed by atoms with E-state index in [0.717, 1.165) is 16.4 Å². The van der Waals surface area contributed by atoms with Crippen molar-refractivity contribution in [2.45, 2.75) is 26.5 Å². The van der Waals surface area contributed by atoms with Crippen LogP contribution in [0.25, 0.3) is 0 Å². The molecule has 0 spiro atoms. The second kappa shape index (κ2) is 5.88. The summed E-state index contributed by atoms with van der Waals surface area (Å²) >= 11 is 1.34. The third kappa shape index (κ3) is 3.24. The second-order valence-corrected chi connectivity index (χ2v) is 4.75. The average Bonchev–Trinajstić information content (AvgIpc) is 2.86. The summed E-state index contributed by atoms with van der Waals surface area (Å²) in [5, 5.41) is 4.03. The predicted molar refractivity (Wildman–Crippen MR) is 71.6 cm³/mol. The zero-order chi connectivity index (χ0) is 13.0. The summed E-state index contributed by atoms with van der Waals surface area (Å²) < 4.78 is 9.41. The molecule has 0 radical (unpaired) electrons. The Kier molecular flexibility index (Phi) is 4.22. The number of anilines is 1. The van der Waals surface area contributed by atoms with Crippen molar-refractivity contribution in [3.63, 3.8) is 0 Å². The van der Waals surface area contributed by atoms with Crippen LogP contribution in [0.2, 0.25) is 0 Å². The fourth-order valence-corrected chi connectivity index (χ4v) is 2.00. The summed E-state index contributed by atoms with van der Waals surface area (Å²) in [7, 11) is 1.65. The summed E-state index contributed by atoms with van der Waals surface area (Å²) in [6.45, 7) is 4.60. The Balaban J connectivity index is 1.94. The molecule has 0 aromatic carbocycles. The van der Waals surface area contributed by atoms with E-state index in [0.29, 0.717) is 12.4 Å². The van der Waals surface area contributed by atoms with Crippen LogP contribution in [0.5, 0.6) is 0 Å². The van der Waals surface area contributed by atoms with Gasteiger partial charge in [-0.1, -0.05) is 6.07 Å². The van der Waals surface area contributed by atoms with Crippen molar-refractivity contribution in [1.29, 1.82) is 0 Å². The SMILES string of the molecule is COC(C)c1nsc(NCc2ccc(C)nc2)n1. The minimum Gasteiger partial charge on any atom is -0.374 e. The van der Waals surface area contributed by atoms with Crippen LogP contribution in [0.1, 0.15) is 30.1 Å². The molecule has 0 aliphatic heterocycles. The van der Waals surface area contributed by atoms with Gasteiger partial charge in [0.2, 0.25) is 5.13 Å². The van der Waals surface area contributed by atoms with Gasteiger partial charge in [0.25, 0.3) is 0 Å². The molecule has 0 bridgehead atoms. The maximum Gasteiger partial charge on any atom is 0.202 e. The van der Waals surface area contributed by atoms with Crippen LogP contribution in [0, 0.1) is 6.92 Å². The molecule has 0 amide bonds. The van der Waals surface area contributed by atoms with Crippen LogP contribution in [-0.2, 0) is 11.3 Å². The van der Waals surface area contributed by atoms with Gasteiger partial charge in [0.05, 0.1) is 0 Å². The minimum absolute atomic E-state index is 0.0714. The summed E-state index contributed by atoms with van der Waals surface area (Å²) in [5.41, 5.74) is 2.14. The molecule has 18 heavy (non-hydrogen) atoms. The normalized spacial score (nSPS) is 12.4. The first-order valence-corrected chi connectivity index (χ1v) is 6.48. The first kappa shape index (κ1) is 12.9. The number of methoxy groups -OCH3 is 1. The highest BCUT2D eigenvalue weighted by molar-refractivity contribution is 7.09. The molecule has 2 rings (SSSR count). The first-order chi connectivity index (χ1) is 8.69. The molecule has 0 saturated heterocycles. The Hall–Kier alpha value is -1.53. The Morgan fingerprint density at radius 2 is 2.28 bits per heavy atom. The molecule has 0 aliphatic carbocycles. The molecule has 6 heteroatoms. The van der Waals surface area contributed by atoms with Gasteiger partial charge in [-0.25, -0.2) is 4.98 Å². The number of aryl methyl sites for hydroxylation is 1. The van der Waals surface area contributed by atoms with Crippen LogP contribution < -0.4 is 5.32 Å². The Morgan fingerprint density at radius 1 is 1.44 bits per heavy atom. The Labute approximate surface area is 110 Å². The largest absolute Gasteiger partial charge is 0.374 e. The highest BCUT2D eigenvalue weighted by Crippen LogP contribution is 2.18. The number of rotatable bonds is 5. The van der Waals surface area contributed by atoms with Gasteiger partial charge in [0.15, 0.2) is 5.82 Å². The third-order valence-electron chi connectivity index (χ3n) is 2.58. The minimum atomic E-state index is -0.0714. The molecule has 2 aromatic heterocycles.